The minimum Gasteiger partial charge on any atom is -0.463 e. The molecule has 1 fully saturated rings. The fourth-order valence-corrected chi connectivity index (χ4v) is 5.40. The first-order chi connectivity index (χ1) is 16.3. The van der Waals surface area contributed by atoms with Gasteiger partial charge in [0.25, 0.3) is 0 Å². The van der Waals surface area contributed by atoms with E-state index in [1.807, 2.05) is 32.0 Å². The number of carbonyl (C=O) groups excluding carboxylic acids is 2. The number of amides is 1. The highest BCUT2D eigenvalue weighted by atomic mass is 16.6. The first-order valence-corrected chi connectivity index (χ1v) is 12.9. The van der Waals surface area contributed by atoms with Crippen LogP contribution in [0.15, 0.2) is 30.3 Å². The molecule has 1 aromatic carbocycles. The van der Waals surface area contributed by atoms with Crippen molar-refractivity contribution in [3.05, 3.63) is 35.9 Å². The lowest BCUT2D eigenvalue weighted by Crippen LogP contribution is -2.41. The van der Waals surface area contributed by atoms with Crippen LogP contribution in [-0.2, 0) is 9.53 Å². The molecule has 0 aliphatic heterocycles. The number of nitrogens with zero attached hydrogens (tertiary/aromatic N) is 1. The number of nitrogens with one attached hydrogen (secondary N) is 1. The van der Waals surface area contributed by atoms with Crippen molar-refractivity contribution in [2.75, 3.05) is 27.2 Å². The van der Waals surface area contributed by atoms with Crippen LogP contribution >= 0.6 is 0 Å². The number of allylic oxidation sites excluding steroid dienone is 1. The number of benzene rings is 1. The van der Waals surface area contributed by atoms with Gasteiger partial charge in [0.1, 0.15) is 5.75 Å². The Morgan fingerprint density at radius 1 is 1.15 bits per heavy atom. The van der Waals surface area contributed by atoms with E-state index in [0.717, 1.165) is 44.2 Å². The highest BCUT2D eigenvalue weighted by Crippen LogP contribution is 2.39. The topological polar surface area (TPSA) is 67.9 Å². The van der Waals surface area contributed by atoms with Gasteiger partial charge >= 0.3 is 12.1 Å². The molecule has 188 valence electrons. The minimum absolute atomic E-state index is 0.130. The van der Waals surface area contributed by atoms with E-state index in [0.29, 0.717) is 24.6 Å². The lowest BCUT2D eigenvalue weighted by atomic mass is 9.71. The fourth-order valence-electron chi connectivity index (χ4n) is 5.40. The largest absolute Gasteiger partial charge is 0.463 e. The Hall–Kier alpha value is -2.34. The van der Waals surface area contributed by atoms with E-state index in [4.69, 9.17) is 9.47 Å². The van der Waals surface area contributed by atoms with Gasteiger partial charge in [-0.1, -0.05) is 37.5 Å². The van der Waals surface area contributed by atoms with Crippen LogP contribution in [0.25, 0.3) is 5.57 Å². The molecule has 2 aliphatic carbocycles. The SMILES string of the molecule is CC(C)OC(=O)CC1(CNC(=O)Oc2cccc(C3=CCCCC3CN(C)C)c2)CCCCC1. The van der Waals surface area contributed by atoms with Crippen LogP contribution in [-0.4, -0.2) is 50.3 Å². The van der Waals surface area contributed by atoms with Gasteiger partial charge in [-0.2, -0.15) is 0 Å². The maximum Gasteiger partial charge on any atom is 0.412 e. The molecule has 6 nitrogen and oxygen atoms in total. The summed E-state index contributed by atoms with van der Waals surface area (Å²) in [4.78, 5) is 27.3. The molecule has 0 spiro atoms. The maximum atomic E-state index is 12.7. The summed E-state index contributed by atoms with van der Waals surface area (Å²) >= 11 is 0. The average molecular weight is 471 g/mol. The third-order valence-electron chi connectivity index (χ3n) is 6.93. The molecule has 1 amide bonds. The molecule has 0 bridgehead atoms. The number of hydrogen-bond acceptors (Lipinski definition) is 5. The van der Waals surface area contributed by atoms with Crippen molar-refractivity contribution in [3.63, 3.8) is 0 Å². The number of rotatable bonds is 9. The van der Waals surface area contributed by atoms with E-state index in [9.17, 15) is 9.59 Å². The third kappa shape index (κ3) is 7.86. The van der Waals surface area contributed by atoms with Crippen molar-refractivity contribution in [1.82, 2.24) is 10.2 Å². The zero-order valence-corrected chi connectivity index (χ0v) is 21.4. The van der Waals surface area contributed by atoms with Crippen molar-refractivity contribution in [2.45, 2.75) is 77.7 Å². The summed E-state index contributed by atoms with van der Waals surface area (Å²) < 4.78 is 11.1. The van der Waals surface area contributed by atoms with E-state index >= 15 is 0 Å². The standard InChI is InChI=1S/C28H42N2O4/c1-21(2)33-26(31)18-28(15-8-5-9-16-28)20-29-27(32)34-24-13-10-12-22(17-24)25-14-7-6-11-23(25)19-30(3)4/h10,12-14,17,21,23H,5-9,11,15-16,18-20H2,1-4H3,(H,29,32). The van der Waals surface area contributed by atoms with Crippen LogP contribution in [0, 0.1) is 11.3 Å². The van der Waals surface area contributed by atoms with Gasteiger partial charge in [0.05, 0.1) is 12.5 Å². The predicted octanol–water partition coefficient (Wildman–Crippen LogP) is 5.81. The summed E-state index contributed by atoms with van der Waals surface area (Å²) in [6, 6.07) is 7.84. The minimum atomic E-state index is -0.471. The number of ether oxygens (including phenoxy) is 2. The Kier molecular flexibility index (Phi) is 9.57. The summed E-state index contributed by atoms with van der Waals surface area (Å²) in [7, 11) is 4.22. The quantitative estimate of drug-likeness (QED) is 0.461. The van der Waals surface area contributed by atoms with Gasteiger partial charge in [0, 0.05) is 13.1 Å². The molecule has 6 heteroatoms. The van der Waals surface area contributed by atoms with Crippen molar-refractivity contribution in [1.29, 1.82) is 0 Å². The van der Waals surface area contributed by atoms with E-state index < -0.39 is 6.09 Å². The zero-order chi connectivity index (χ0) is 24.6. The Labute approximate surface area is 205 Å². The number of esters is 1. The molecule has 0 saturated heterocycles. The van der Waals surface area contributed by atoms with Crippen molar-refractivity contribution in [2.24, 2.45) is 11.3 Å². The molecule has 34 heavy (non-hydrogen) atoms. The van der Waals surface area contributed by atoms with Crippen LogP contribution in [0.1, 0.15) is 77.2 Å². The first-order valence-electron chi connectivity index (χ1n) is 12.9. The van der Waals surface area contributed by atoms with Crippen molar-refractivity contribution in [3.8, 4) is 5.75 Å². The van der Waals surface area contributed by atoms with Crippen molar-refractivity contribution < 1.29 is 19.1 Å². The summed E-state index contributed by atoms with van der Waals surface area (Å²) in [5, 5.41) is 2.94. The maximum absolute atomic E-state index is 12.7. The van der Waals surface area contributed by atoms with Crippen LogP contribution in [0.5, 0.6) is 5.75 Å². The number of hydrogen-bond donors (Lipinski definition) is 1. The smallest absolute Gasteiger partial charge is 0.412 e. The second kappa shape index (κ2) is 12.4. The lowest BCUT2D eigenvalue weighted by molar-refractivity contribution is -0.150. The lowest BCUT2D eigenvalue weighted by Gasteiger charge is -2.36. The molecule has 0 aromatic heterocycles. The van der Waals surface area contributed by atoms with Gasteiger partial charge in [0.2, 0.25) is 0 Å². The summed E-state index contributed by atoms with van der Waals surface area (Å²) in [5.41, 5.74) is 2.21. The molecule has 1 atom stereocenters. The summed E-state index contributed by atoms with van der Waals surface area (Å²) in [6.45, 7) is 5.16. The zero-order valence-electron chi connectivity index (χ0n) is 21.4. The highest BCUT2D eigenvalue weighted by molar-refractivity contribution is 5.73. The Morgan fingerprint density at radius 2 is 1.91 bits per heavy atom. The third-order valence-corrected chi connectivity index (χ3v) is 6.93. The van der Waals surface area contributed by atoms with E-state index in [1.54, 1.807) is 0 Å². The van der Waals surface area contributed by atoms with Crippen LogP contribution in [0.4, 0.5) is 4.79 Å². The fraction of sp³-hybridized carbons (Fsp3) is 0.643. The summed E-state index contributed by atoms with van der Waals surface area (Å²) in [5.74, 6) is 0.847. The first kappa shape index (κ1) is 26.3. The molecule has 1 saturated carbocycles. The van der Waals surface area contributed by atoms with Gasteiger partial charge in [-0.05, 0) is 94.6 Å². The van der Waals surface area contributed by atoms with Crippen molar-refractivity contribution >= 4 is 17.6 Å². The van der Waals surface area contributed by atoms with E-state index in [2.05, 4.69) is 36.5 Å². The Balaban J connectivity index is 1.62. The molecule has 0 heterocycles. The van der Waals surface area contributed by atoms with Gasteiger partial charge in [-0.25, -0.2) is 4.79 Å². The molecule has 1 N–H and O–H groups in total. The second-order valence-electron chi connectivity index (χ2n) is 10.6. The summed E-state index contributed by atoms with van der Waals surface area (Å²) in [6.07, 6.45) is 10.7. The second-order valence-corrected chi connectivity index (χ2v) is 10.6. The number of carbonyl (C=O) groups is 2. The highest BCUT2D eigenvalue weighted by Gasteiger charge is 2.35. The molecular formula is C28H42N2O4. The molecular weight excluding hydrogens is 428 g/mol. The van der Waals surface area contributed by atoms with Gasteiger partial charge in [-0.3, -0.25) is 4.79 Å². The predicted molar refractivity (Wildman–Crippen MR) is 136 cm³/mol. The molecule has 1 aromatic rings. The Bertz CT molecular complexity index is 856. The van der Waals surface area contributed by atoms with E-state index in [-0.39, 0.29) is 17.5 Å². The van der Waals surface area contributed by atoms with E-state index in [1.165, 1.54) is 24.8 Å². The van der Waals surface area contributed by atoms with Gasteiger partial charge < -0.3 is 19.7 Å². The average Bonchev–Trinajstić information content (AvgIpc) is 2.78. The molecule has 0 radical (unpaired) electrons. The Morgan fingerprint density at radius 3 is 2.62 bits per heavy atom. The molecule has 1 unspecified atom stereocenters. The van der Waals surface area contributed by atoms with Crippen LogP contribution in [0.3, 0.4) is 0 Å². The molecule has 3 rings (SSSR count). The monoisotopic (exact) mass is 470 g/mol. The van der Waals surface area contributed by atoms with Crippen LogP contribution < -0.4 is 10.1 Å². The van der Waals surface area contributed by atoms with Gasteiger partial charge in [-0.15, -0.1) is 0 Å². The van der Waals surface area contributed by atoms with Crippen LogP contribution in [0.2, 0.25) is 0 Å². The molecule has 2 aliphatic rings. The normalized spacial score (nSPS) is 20.1. The van der Waals surface area contributed by atoms with Gasteiger partial charge in [0.15, 0.2) is 0 Å².